The van der Waals surface area contributed by atoms with Gasteiger partial charge in [0.05, 0.1) is 7.11 Å². The van der Waals surface area contributed by atoms with Gasteiger partial charge in [-0.05, 0) is 55.9 Å². The van der Waals surface area contributed by atoms with Crippen LogP contribution in [0, 0.1) is 5.92 Å². The van der Waals surface area contributed by atoms with Crippen molar-refractivity contribution < 1.29 is 9.53 Å². The molecule has 20 heavy (non-hydrogen) atoms. The first kappa shape index (κ1) is 13.5. The molecular weight excluding hydrogens is 250 g/mol. The van der Waals surface area contributed by atoms with Crippen LogP contribution in [-0.2, 0) is 0 Å². The van der Waals surface area contributed by atoms with Crippen LogP contribution in [0.5, 0.6) is 5.75 Å². The van der Waals surface area contributed by atoms with Crippen LogP contribution in [0.15, 0.2) is 24.3 Å². The molecule has 0 aromatic heterocycles. The maximum Gasteiger partial charge on any atom is 0.254 e. The number of piperidine rings is 1. The van der Waals surface area contributed by atoms with Gasteiger partial charge in [0.1, 0.15) is 5.75 Å². The summed E-state index contributed by atoms with van der Waals surface area (Å²) in [5.74, 6) is 1.74. The molecule has 1 heterocycles. The maximum atomic E-state index is 12.7. The molecule has 108 valence electrons. The number of benzene rings is 1. The molecule has 1 amide bonds. The lowest BCUT2D eigenvalue weighted by Crippen LogP contribution is -2.49. The summed E-state index contributed by atoms with van der Waals surface area (Å²) in [6.07, 6.45) is 7.56. The Morgan fingerprint density at radius 2 is 1.80 bits per heavy atom. The van der Waals surface area contributed by atoms with Crippen molar-refractivity contribution >= 4 is 5.91 Å². The second-order valence-corrected chi connectivity index (χ2v) is 5.98. The van der Waals surface area contributed by atoms with Gasteiger partial charge in [-0.2, -0.15) is 0 Å². The van der Waals surface area contributed by atoms with Crippen LogP contribution in [0.2, 0.25) is 0 Å². The molecule has 1 aromatic rings. The summed E-state index contributed by atoms with van der Waals surface area (Å²) < 4.78 is 5.16. The van der Waals surface area contributed by atoms with Gasteiger partial charge in [0.2, 0.25) is 0 Å². The molecule has 0 radical (unpaired) electrons. The second-order valence-electron chi connectivity index (χ2n) is 5.98. The smallest absolute Gasteiger partial charge is 0.254 e. The highest BCUT2D eigenvalue weighted by molar-refractivity contribution is 5.94. The molecular formula is C17H23NO2. The zero-order chi connectivity index (χ0) is 13.9. The van der Waals surface area contributed by atoms with E-state index in [2.05, 4.69) is 4.90 Å². The Labute approximate surface area is 120 Å². The van der Waals surface area contributed by atoms with Crippen LogP contribution in [-0.4, -0.2) is 30.5 Å². The molecule has 1 aliphatic carbocycles. The Kier molecular flexibility index (Phi) is 3.95. The summed E-state index contributed by atoms with van der Waals surface area (Å²) in [5.41, 5.74) is 0.789. The van der Waals surface area contributed by atoms with Gasteiger partial charge in [0, 0.05) is 18.2 Å². The van der Waals surface area contributed by atoms with E-state index in [9.17, 15) is 4.79 Å². The van der Waals surface area contributed by atoms with Crippen LogP contribution in [0.1, 0.15) is 48.9 Å². The Bertz CT molecular complexity index is 466. The predicted octanol–water partition coefficient (Wildman–Crippen LogP) is 3.49. The van der Waals surface area contributed by atoms with Crippen molar-refractivity contribution in [3.8, 4) is 5.75 Å². The predicted molar refractivity (Wildman–Crippen MR) is 79.0 cm³/mol. The number of ether oxygens (including phenoxy) is 1. The zero-order valence-electron chi connectivity index (χ0n) is 12.2. The summed E-state index contributed by atoms with van der Waals surface area (Å²) in [5, 5.41) is 0. The average Bonchev–Trinajstić information content (AvgIpc) is 2.54. The monoisotopic (exact) mass is 273 g/mol. The van der Waals surface area contributed by atoms with Gasteiger partial charge >= 0.3 is 0 Å². The molecule has 0 N–H and O–H groups in total. The Morgan fingerprint density at radius 3 is 2.55 bits per heavy atom. The van der Waals surface area contributed by atoms with E-state index in [4.69, 9.17) is 4.74 Å². The second kappa shape index (κ2) is 5.86. The van der Waals surface area contributed by atoms with Crippen LogP contribution in [0.25, 0.3) is 0 Å². The van der Waals surface area contributed by atoms with Gasteiger partial charge in [-0.1, -0.05) is 12.8 Å². The highest BCUT2D eigenvalue weighted by Gasteiger charge is 2.35. The van der Waals surface area contributed by atoms with Crippen molar-refractivity contribution in [2.45, 2.75) is 44.6 Å². The van der Waals surface area contributed by atoms with Crippen molar-refractivity contribution in [1.82, 2.24) is 4.90 Å². The molecule has 2 fully saturated rings. The molecule has 1 aliphatic heterocycles. The fourth-order valence-electron chi connectivity index (χ4n) is 3.78. The van der Waals surface area contributed by atoms with Crippen molar-refractivity contribution in [3.05, 3.63) is 29.8 Å². The lowest BCUT2D eigenvalue weighted by Gasteiger charge is -2.44. The molecule has 1 aromatic carbocycles. The number of fused-ring (bicyclic) bond motifs is 1. The normalized spacial score (nSPS) is 25.9. The molecule has 0 bridgehead atoms. The van der Waals surface area contributed by atoms with Crippen LogP contribution < -0.4 is 4.74 Å². The van der Waals surface area contributed by atoms with E-state index in [1.165, 1.54) is 32.1 Å². The van der Waals surface area contributed by atoms with Crippen LogP contribution >= 0.6 is 0 Å². The fraction of sp³-hybridized carbons (Fsp3) is 0.588. The summed E-state index contributed by atoms with van der Waals surface area (Å²) in [6, 6.07) is 7.99. The van der Waals surface area contributed by atoms with Gasteiger partial charge in [-0.25, -0.2) is 0 Å². The number of carbonyl (C=O) groups is 1. The lowest BCUT2D eigenvalue weighted by molar-refractivity contribution is 0.0390. The molecule has 0 spiro atoms. The van der Waals surface area contributed by atoms with E-state index in [0.717, 1.165) is 30.2 Å². The highest BCUT2D eigenvalue weighted by atomic mass is 16.5. The zero-order valence-corrected chi connectivity index (χ0v) is 12.2. The maximum absolute atomic E-state index is 12.7. The highest BCUT2D eigenvalue weighted by Crippen LogP contribution is 2.35. The number of methoxy groups -OCH3 is 1. The molecule has 1 saturated carbocycles. The van der Waals surface area contributed by atoms with E-state index in [0.29, 0.717) is 6.04 Å². The molecule has 2 aliphatic rings. The van der Waals surface area contributed by atoms with E-state index in [-0.39, 0.29) is 5.91 Å². The third kappa shape index (κ3) is 2.54. The third-order valence-electron chi connectivity index (χ3n) is 4.84. The minimum absolute atomic E-state index is 0.198. The topological polar surface area (TPSA) is 29.5 Å². The van der Waals surface area contributed by atoms with Gasteiger partial charge in [0.25, 0.3) is 5.91 Å². The van der Waals surface area contributed by atoms with Gasteiger partial charge in [-0.15, -0.1) is 0 Å². The molecule has 1 saturated heterocycles. The summed E-state index contributed by atoms with van der Waals surface area (Å²) in [6.45, 7) is 0.923. The minimum atomic E-state index is 0.198. The number of hydrogen-bond acceptors (Lipinski definition) is 2. The Hall–Kier alpha value is -1.51. The fourth-order valence-corrected chi connectivity index (χ4v) is 3.78. The molecule has 2 atom stereocenters. The molecule has 3 rings (SSSR count). The van der Waals surface area contributed by atoms with E-state index in [1.54, 1.807) is 7.11 Å². The van der Waals surface area contributed by atoms with Crippen molar-refractivity contribution in [2.75, 3.05) is 13.7 Å². The first-order chi connectivity index (χ1) is 9.79. The van der Waals surface area contributed by atoms with Crippen molar-refractivity contribution in [3.63, 3.8) is 0 Å². The van der Waals surface area contributed by atoms with Gasteiger partial charge in [0.15, 0.2) is 0 Å². The molecule has 3 heteroatoms. The largest absolute Gasteiger partial charge is 0.497 e. The summed E-state index contributed by atoms with van der Waals surface area (Å²) >= 11 is 0. The molecule has 3 nitrogen and oxygen atoms in total. The first-order valence-corrected chi connectivity index (χ1v) is 7.74. The minimum Gasteiger partial charge on any atom is -0.497 e. The standard InChI is InChI=1S/C17H23NO2/c1-20-15-10-8-14(9-11-15)17(19)18-12-4-6-13-5-2-3-7-16(13)18/h8-11,13,16H,2-7,12H2,1H3. The van der Waals surface area contributed by atoms with Gasteiger partial charge < -0.3 is 9.64 Å². The third-order valence-corrected chi connectivity index (χ3v) is 4.84. The number of amides is 1. The number of nitrogens with zero attached hydrogens (tertiary/aromatic N) is 1. The first-order valence-electron chi connectivity index (χ1n) is 7.74. The van der Waals surface area contributed by atoms with Crippen LogP contribution in [0.4, 0.5) is 0 Å². The summed E-state index contributed by atoms with van der Waals surface area (Å²) in [7, 11) is 1.65. The lowest BCUT2D eigenvalue weighted by atomic mass is 9.78. The number of likely N-dealkylation sites (tertiary alicyclic amines) is 1. The van der Waals surface area contributed by atoms with Crippen molar-refractivity contribution in [2.24, 2.45) is 5.92 Å². The van der Waals surface area contributed by atoms with Crippen LogP contribution in [0.3, 0.4) is 0 Å². The SMILES string of the molecule is COc1ccc(C(=O)N2CCCC3CCCCC32)cc1. The average molecular weight is 273 g/mol. The van der Waals surface area contributed by atoms with Crippen molar-refractivity contribution in [1.29, 1.82) is 0 Å². The Balaban J connectivity index is 1.77. The van der Waals surface area contributed by atoms with E-state index >= 15 is 0 Å². The van der Waals surface area contributed by atoms with E-state index < -0.39 is 0 Å². The summed E-state index contributed by atoms with van der Waals surface area (Å²) in [4.78, 5) is 14.9. The Morgan fingerprint density at radius 1 is 1.10 bits per heavy atom. The number of rotatable bonds is 2. The van der Waals surface area contributed by atoms with Gasteiger partial charge in [-0.3, -0.25) is 4.79 Å². The quantitative estimate of drug-likeness (QED) is 0.825. The number of hydrogen-bond donors (Lipinski definition) is 0. The molecule has 2 unspecified atom stereocenters. The number of carbonyl (C=O) groups excluding carboxylic acids is 1. The van der Waals surface area contributed by atoms with E-state index in [1.807, 2.05) is 24.3 Å².